The van der Waals surface area contributed by atoms with E-state index in [1.807, 2.05) is 19.2 Å². The molecule has 0 bridgehead atoms. The van der Waals surface area contributed by atoms with Gasteiger partial charge in [0.05, 0.1) is 0 Å². The zero-order valence-electron chi connectivity index (χ0n) is 15.1. The standard InChI is InChI=1S/C19H20N6O2/c1-13(26)15-4-6-16(7-5-15)19(27)21-10-9-20-17-12-18(24-14(2)23-17)25-11-3-8-22-25/h3-8,11-12H,9-10H2,1-2H3,(H,21,27)(H,20,23,24). The number of aromatic nitrogens is 4. The van der Waals surface area contributed by atoms with Crippen LogP contribution < -0.4 is 10.6 Å². The number of rotatable bonds is 7. The first-order chi connectivity index (χ1) is 13.0. The molecule has 2 heterocycles. The van der Waals surface area contributed by atoms with E-state index in [-0.39, 0.29) is 11.7 Å². The SMILES string of the molecule is CC(=O)c1ccc(C(=O)NCCNc2cc(-n3cccn3)nc(C)n2)cc1. The topological polar surface area (TPSA) is 102 Å². The molecule has 1 amide bonds. The van der Waals surface area contributed by atoms with Crippen molar-refractivity contribution in [1.82, 2.24) is 25.1 Å². The molecule has 0 aliphatic heterocycles. The highest BCUT2D eigenvalue weighted by Crippen LogP contribution is 2.10. The fraction of sp³-hybridized carbons (Fsp3) is 0.211. The van der Waals surface area contributed by atoms with Crippen LogP contribution in [0.4, 0.5) is 5.82 Å². The van der Waals surface area contributed by atoms with Crippen molar-refractivity contribution in [2.75, 3.05) is 18.4 Å². The molecule has 0 fully saturated rings. The predicted octanol–water partition coefficient (Wildman–Crippen LogP) is 2.02. The molecule has 2 N–H and O–H groups in total. The van der Waals surface area contributed by atoms with Crippen molar-refractivity contribution in [3.8, 4) is 5.82 Å². The van der Waals surface area contributed by atoms with Crippen molar-refractivity contribution in [2.24, 2.45) is 0 Å². The van der Waals surface area contributed by atoms with Crippen molar-refractivity contribution >= 4 is 17.5 Å². The number of Topliss-reactive ketones (excluding diaryl/α,β-unsaturated/α-hetero) is 1. The minimum absolute atomic E-state index is 0.0271. The predicted molar refractivity (Wildman–Crippen MR) is 101 cm³/mol. The second-order valence-corrected chi connectivity index (χ2v) is 5.93. The maximum atomic E-state index is 12.1. The van der Waals surface area contributed by atoms with Crippen LogP contribution in [-0.2, 0) is 0 Å². The molecular weight excluding hydrogens is 344 g/mol. The lowest BCUT2D eigenvalue weighted by atomic mass is 10.1. The Bertz CT molecular complexity index is 935. The van der Waals surface area contributed by atoms with Gasteiger partial charge in [-0.25, -0.2) is 14.6 Å². The van der Waals surface area contributed by atoms with E-state index in [0.29, 0.717) is 41.7 Å². The average Bonchev–Trinajstić information content (AvgIpc) is 3.19. The Labute approximate surface area is 156 Å². The molecule has 27 heavy (non-hydrogen) atoms. The normalized spacial score (nSPS) is 10.4. The molecular formula is C19H20N6O2. The van der Waals surface area contributed by atoms with E-state index in [0.717, 1.165) is 0 Å². The number of carbonyl (C=O) groups is 2. The first-order valence-electron chi connectivity index (χ1n) is 8.52. The summed E-state index contributed by atoms with van der Waals surface area (Å²) in [5, 5.41) is 10.2. The Morgan fingerprint density at radius 1 is 1.07 bits per heavy atom. The van der Waals surface area contributed by atoms with Gasteiger partial charge in [0.15, 0.2) is 11.6 Å². The summed E-state index contributed by atoms with van der Waals surface area (Å²) in [4.78, 5) is 32.1. The molecule has 0 aliphatic carbocycles. The molecule has 0 atom stereocenters. The van der Waals surface area contributed by atoms with E-state index < -0.39 is 0 Å². The number of ketones is 1. The summed E-state index contributed by atoms with van der Waals surface area (Å²) < 4.78 is 1.66. The van der Waals surface area contributed by atoms with Crippen LogP contribution in [0, 0.1) is 6.92 Å². The van der Waals surface area contributed by atoms with Gasteiger partial charge < -0.3 is 10.6 Å². The van der Waals surface area contributed by atoms with Gasteiger partial charge in [0, 0.05) is 42.7 Å². The summed E-state index contributed by atoms with van der Waals surface area (Å²) in [5.41, 5.74) is 1.10. The lowest BCUT2D eigenvalue weighted by Gasteiger charge is -2.10. The molecule has 0 unspecified atom stereocenters. The van der Waals surface area contributed by atoms with Gasteiger partial charge in [-0.05, 0) is 32.0 Å². The zero-order valence-corrected chi connectivity index (χ0v) is 15.1. The van der Waals surface area contributed by atoms with E-state index in [2.05, 4.69) is 25.7 Å². The molecule has 138 valence electrons. The Hall–Kier alpha value is -3.55. The average molecular weight is 364 g/mol. The second kappa shape index (κ2) is 8.22. The van der Waals surface area contributed by atoms with E-state index in [1.54, 1.807) is 41.2 Å². The van der Waals surface area contributed by atoms with Crippen LogP contribution in [0.15, 0.2) is 48.8 Å². The summed E-state index contributed by atoms with van der Waals surface area (Å²) in [7, 11) is 0. The quantitative estimate of drug-likeness (QED) is 0.491. The smallest absolute Gasteiger partial charge is 0.251 e. The third kappa shape index (κ3) is 4.75. The maximum Gasteiger partial charge on any atom is 0.251 e. The number of nitrogens with one attached hydrogen (secondary N) is 2. The second-order valence-electron chi connectivity index (χ2n) is 5.93. The molecule has 0 aliphatic rings. The van der Waals surface area contributed by atoms with Crippen molar-refractivity contribution in [3.05, 3.63) is 65.7 Å². The number of amides is 1. The molecule has 0 spiro atoms. The third-order valence-corrected chi connectivity index (χ3v) is 3.83. The van der Waals surface area contributed by atoms with Gasteiger partial charge >= 0.3 is 0 Å². The molecule has 8 heteroatoms. The molecule has 3 aromatic rings. The number of aryl methyl sites for hydroxylation is 1. The van der Waals surface area contributed by atoms with Crippen LogP contribution in [0.25, 0.3) is 5.82 Å². The van der Waals surface area contributed by atoms with E-state index in [9.17, 15) is 9.59 Å². The highest BCUT2D eigenvalue weighted by molar-refractivity contribution is 5.97. The van der Waals surface area contributed by atoms with Crippen LogP contribution in [0.1, 0.15) is 33.5 Å². The zero-order chi connectivity index (χ0) is 19.2. The minimum atomic E-state index is -0.192. The summed E-state index contributed by atoms with van der Waals surface area (Å²) in [6, 6.07) is 10.2. The summed E-state index contributed by atoms with van der Waals surface area (Å²) >= 11 is 0. The van der Waals surface area contributed by atoms with Gasteiger partial charge in [-0.3, -0.25) is 9.59 Å². The Morgan fingerprint density at radius 2 is 1.81 bits per heavy atom. The van der Waals surface area contributed by atoms with Gasteiger partial charge in [0.2, 0.25) is 0 Å². The fourth-order valence-electron chi connectivity index (χ4n) is 2.49. The maximum absolute atomic E-state index is 12.1. The highest BCUT2D eigenvalue weighted by Gasteiger charge is 2.07. The monoisotopic (exact) mass is 364 g/mol. The number of hydrogen-bond acceptors (Lipinski definition) is 6. The minimum Gasteiger partial charge on any atom is -0.368 e. The highest BCUT2D eigenvalue weighted by atomic mass is 16.1. The molecule has 3 rings (SSSR count). The number of nitrogens with zero attached hydrogens (tertiary/aromatic N) is 4. The van der Waals surface area contributed by atoms with Gasteiger partial charge in [-0.15, -0.1) is 0 Å². The Kier molecular flexibility index (Phi) is 5.55. The summed E-state index contributed by atoms with van der Waals surface area (Å²) in [6.45, 7) is 4.23. The Morgan fingerprint density at radius 3 is 2.48 bits per heavy atom. The van der Waals surface area contributed by atoms with E-state index >= 15 is 0 Å². The summed E-state index contributed by atoms with van der Waals surface area (Å²) in [6.07, 6.45) is 3.49. The molecule has 1 aromatic carbocycles. The molecule has 0 radical (unpaired) electrons. The molecule has 0 saturated heterocycles. The van der Waals surface area contributed by atoms with Crippen LogP contribution in [0.3, 0.4) is 0 Å². The van der Waals surface area contributed by atoms with Crippen LogP contribution in [0.5, 0.6) is 0 Å². The number of anilines is 1. The largest absolute Gasteiger partial charge is 0.368 e. The van der Waals surface area contributed by atoms with Crippen LogP contribution >= 0.6 is 0 Å². The molecule has 0 saturated carbocycles. The fourth-order valence-corrected chi connectivity index (χ4v) is 2.49. The third-order valence-electron chi connectivity index (χ3n) is 3.83. The van der Waals surface area contributed by atoms with E-state index in [1.165, 1.54) is 6.92 Å². The van der Waals surface area contributed by atoms with Gasteiger partial charge in [-0.1, -0.05) is 12.1 Å². The van der Waals surface area contributed by atoms with Crippen molar-refractivity contribution in [1.29, 1.82) is 0 Å². The number of benzene rings is 1. The van der Waals surface area contributed by atoms with Crippen LogP contribution in [0.2, 0.25) is 0 Å². The summed E-state index contributed by atoms with van der Waals surface area (Å²) in [5.74, 6) is 1.74. The lowest BCUT2D eigenvalue weighted by Crippen LogP contribution is -2.29. The van der Waals surface area contributed by atoms with Gasteiger partial charge in [-0.2, -0.15) is 5.10 Å². The molecule has 8 nitrogen and oxygen atoms in total. The van der Waals surface area contributed by atoms with Crippen molar-refractivity contribution in [2.45, 2.75) is 13.8 Å². The number of carbonyl (C=O) groups excluding carboxylic acids is 2. The van der Waals surface area contributed by atoms with Gasteiger partial charge in [0.25, 0.3) is 5.91 Å². The first-order valence-corrected chi connectivity index (χ1v) is 8.52. The first kappa shape index (κ1) is 18.2. The van der Waals surface area contributed by atoms with Crippen molar-refractivity contribution in [3.63, 3.8) is 0 Å². The lowest BCUT2D eigenvalue weighted by molar-refractivity contribution is 0.0953. The molecule has 2 aromatic heterocycles. The van der Waals surface area contributed by atoms with E-state index in [4.69, 9.17) is 0 Å². The Balaban J connectivity index is 1.53. The van der Waals surface area contributed by atoms with Gasteiger partial charge in [0.1, 0.15) is 11.6 Å². The van der Waals surface area contributed by atoms with Crippen molar-refractivity contribution < 1.29 is 9.59 Å². The number of hydrogen-bond donors (Lipinski definition) is 2. The van der Waals surface area contributed by atoms with Crippen LogP contribution in [-0.4, -0.2) is 44.5 Å².